The fourth-order valence-corrected chi connectivity index (χ4v) is 2.66. The molecule has 1 fully saturated rings. The van der Waals surface area contributed by atoms with Gasteiger partial charge in [-0.05, 0) is 33.0 Å². The lowest BCUT2D eigenvalue weighted by Crippen LogP contribution is -2.41. The van der Waals surface area contributed by atoms with E-state index in [-0.39, 0.29) is 5.91 Å². The number of amides is 1. The normalized spacial score (nSPS) is 19.8. The Hall–Kier alpha value is -1.49. The third-order valence-corrected chi connectivity index (χ3v) is 3.46. The summed E-state index contributed by atoms with van der Waals surface area (Å²) in [5.74, 6) is 0.0959. The highest BCUT2D eigenvalue weighted by Crippen LogP contribution is 2.21. The van der Waals surface area contributed by atoms with Gasteiger partial charge in [0.05, 0.1) is 5.69 Å². The van der Waals surface area contributed by atoms with Crippen LogP contribution in [0.5, 0.6) is 0 Å². The Morgan fingerprint density at radius 2 is 2.28 bits per heavy atom. The maximum Gasteiger partial charge on any atom is 0.270 e. The smallest absolute Gasteiger partial charge is 0.270 e. The van der Waals surface area contributed by atoms with Crippen LogP contribution in [0.1, 0.15) is 23.3 Å². The van der Waals surface area contributed by atoms with E-state index in [1.807, 2.05) is 30.6 Å². The highest BCUT2D eigenvalue weighted by atomic mass is 16.2. The van der Waals surface area contributed by atoms with E-state index in [1.165, 1.54) is 0 Å². The molecule has 0 bridgehead atoms. The summed E-state index contributed by atoms with van der Waals surface area (Å²) >= 11 is 0. The van der Waals surface area contributed by atoms with E-state index in [4.69, 9.17) is 5.73 Å². The fourth-order valence-electron chi connectivity index (χ4n) is 2.66. The molecule has 0 aromatic carbocycles. The second-order valence-corrected chi connectivity index (χ2v) is 5.33. The van der Waals surface area contributed by atoms with Gasteiger partial charge in [0.25, 0.3) is 5.91 Å². The summed E-state index contributed by atoms with van der Waals surface area (Å²) in [7, 11) is 5.95. The monoisotopic (exact) mass is 250 g/mol. The lowest BCUT2D eigenvalue weighted by molar-refractivity contribution is 0.0707. The first-order valence-electron chi connectivity index (χ1n) is 6.36. The average molecular weight is 250 g/mol. The molecule has 1 aliphatic heterocycles. The number of anilines is 1. The molecule has 0 spiro atoms. The molecule has 18 heavy (non-hydrogen) atoms. The zero-order valence-corrected chi connectivity index (χ0v) is 11.4. The molecule has 100 valence electrons. The van der Waals surface area contributed by atoms with Crippen molar-refractivity contribution >= 4 is 11.6 Å². The van der Waals surface area contributed by atoms with E-state index >= 15 is 0 Å². The topological polar surface area (TPSA) is 54.5 Å². The van der Waals surface area contributed by atoms with E-state index < -0.39 is 0 Å². The number of aryl methyl sites for hydroxylation is 1. The van der Waals surface area contributed by atoms with Crippen molar-refractivity contribution in [2.24, 2.45) is 7.05 Å². The van der Waals surface area contributed by atoms with Gasteiger partial charge in [0.15, 0.2) is 0 Å². The SMILES string of the molecule is CN(C)CC1CCCN1C(=O)c1cc(N)cn1C. The van der Waals surface area contributed by atoms with Gasteiger partial charge in [-0.3, -0.25) is 4.79 Å². The number of nitrogen functional groups attached to an aromatic ring is 1. The van der Waals surface area contributed by atoms with Crippen LogP contribution in [0.25, 0.3) is 0 Å². The van der Waals surface area contributed by atoms with Gasteiger partial charge in [0.2, 0.25) is 0 Å². The first-order valence-corrected chi connectivity index (χ1v) is 6.36. The van der Waals surface area contributed by atoms with Crippen LogP contribution < -0.4 is 5.73 Å². The largest absolute Gasteiger partial charge is 0.397 e. The van der Waals surface area contributed by atoms with Gasteiger partial charge in [-0.1, -0.05) is 0 Å². The number of likely N-dealkylation sites (N-methyl/N-ethyl adjacent to an activating group) is 1. The molecule has 0 radical (unpaired) electrons. The second kappa shape index (κ2) is 5.02. The van der Waals surface area contributed by atoms with Gasteiger partial charge in [0, 0.05) is 32.4 Å². The average Bonchev–Trinajstić information content (AvgIpc) is 2.83. The number of carbonyl (C=O) groups is 1. The number of aromatic nitrogens is 1. The minimum absolute atomic E-state index is 0.0959. The van der Waals surface area contributed by atoms with Crippen LogP contribution in [-0.2, 0) is 7.05 Å². The Kier molecular flexibility index (Phi) is 3.61. The summed E-state index contributed by atoms with van der Waals surface area (Å²) in [6.45, 7) is 1.77. The number of likely N-dealkylation sites (tertiary alicyclic amines) is 1. The van der Waals surface area contributed by atoms with Crippen molar-refractivity contribution in [2.45, 2.75) is 18.9 Å². The molecule has 2 heterocycles. The quantitative estimate of drug-likeness (QED) is 0.862. The highest BCUT2D eigenvalue weighted by Gasteiger charge is 2.30. The Bertz CT molecular complexity index is 438. The molecule has 2 rings (SSSR count). The van der Waals surface area contributed by atoms with Crippen molar-refractivity contribution < 1.29 is 4.79 Å². The van der Waals surface area contributed by atoms with Gasteiger partial charge < -0.3 is 20.1 Å². The lowest BCUT2D eigenvalue weighted by Gasteiger charge is -2.27. The highest BCUT2D eigenvalue weighted by molar-refractivity contribution is 5.94. The maximum absolute atomic E-state index is 12.5. The van der Waals surface area contributed by atoms with E-state index in [0.717, 1.165) is 25.9 Å². The van der Waals surface area contributed by atoms with Crippen molar-refractivity contribution in [2.75, 3.05) is 32.9 Å². The number of carbonyl (C=O) groups excluding carboxylic acids is 1. The number of nitrogens with two attached hydrogens (primary N) is 1. The van der Waals surface area contributed by atoms with Crippen molar-refractivity contribution in [3.63, 3.8) is 0 Å². The van der Waals surface area contributed by atoms with Gasteiger partial charge in [0.1, 0.15) is 5.69 Å². The van der Waals surface area contributed by atoms with Crippen LogP contribution in [0.15, 0.2) is 12.3 Å². The Balaban J connectivity index is 2.15. The summed E-state index contributed by atoms with van der Waals surface area (Å²) in [6, 6.07) is 2.08. The molecule has 5 heteroatoms. The van der Waals surface area contributed by atoms with Crippen molar-refractivity contribution in [1.29, 1.82) is 0 Å². The molecular formula is C13H22N4O. The molecule has 1 aliphatic rings. The Labute approximate surface area is 108 Å². The van der Waals surface area contributed by atoms with Gasteiger partial charge in [-0.25, -0.2) is 0 Å². The van der Waals surface area contributed by atoms with Crippen LogP contribution in [0.2, 0.25) is 0 Å². The van der Waals surface area contributed by atoms with Crippen LogP contribution >= 0.6 is 0 Å². The van der Waals surface area contributed by atoms with E-state index in [0.29, 0.717) is 17.4 Å². The molecule has 1 saturated heterocycles. The first-order chi connectivity index (χ1) is 8.49. The summed E-state index contributed by atoms with van der Waals surface area (Å²) < 4.78 is 1.81. The predicted octanol–water partition coefficient (Wildman–Crippen LogP) is 0.773. The minimum Gasteiger partial charge on any atom is -0.397 e. The zero-order chi connectivity index (χ0) is 13.3. The van der Waals surface area contributed by atoms with E-state index in [2.05, 4.69) is 4.90 Å². The third kappa shape index (κ3) is 2.51. The fraction of sp³-hybridized carbons (Fsp3) is 0.615. The summed E-state index contributed by atoms with van der Waals surface area (Å²) in [5, 5.41) is 0. The Morgan fingerprint density at radius 1 is 1.56 bits per heavy atom. The first kappa shape index (κ1) is 13.0. The number of rotatable bonds is 3. The van der Waals surface area contributed by atoms with Crippen LogP contribution in [-0.4, -0.2) is 53.5 Å². The predicted molar refractivity (Wildman–Crippen MR) is 72.4 cm³/mol. The Morgan fingerprint density at radius 3 is 2.83 bits per heavy atom. The molecule has 0 aliphatic carbocycles. The van der Waals surface area contributed by atoms with Gasteiger partial charge >= 0.3 is 0 Å². The van der Waals surface area contributed by atoms with Gasteiger partial charge in [-0.2, -0.15) is 0 Å². The molecule has 2 N–H and O–H groups in total. The number of nitrogens with zero attached hydrogens (tertiary/aromatic N) is 3. The van der Waals surface area contributed by atoms with Crippen molar-refractivity contribution in [3.8, 4) is 0 Å². The van der Waals surface area contributed by atoms with Crippen molar-refractivity contribution in [3.05, 3.63) is 18.0 Å². The van der Waals surface area contributed by atoms with Crippen LogP contribution in [0, 0.1) is 0 Å². The van der Waals surface area contributed by atoms with E-state index in [9.17, 15) is 4.79 Å². The standard InChI is InChI=1S/C13H22N4O/c1-15(2)9-11-5-4-6-17(11)13(18)12-7-10(14)8-16(12)3/h7-8,11H,4-6,9,14H2,1-3H3. The number of hydrogen-bond donors (Lipinski definition) is 1. The molecule has 1 atom stereocenters. The molecule has 1 unspecified atom stereocenters. The molecule has 5 nitrogen and oxygen atoms in total. The zero-order valence-electron chi connectivity index (χ0n) is 11.4. The molecule has 1 aromatic heterocycles. The second-order valence-electron chi connectivity index (χ2n) is 5.33. The third-order valence-electron chi connectivity index (χ3n) is 3.46. The summed E-state index contributed by atoms with van der Waals surface area (Å²) in [4.78, 5) is 16.6. The lowest BCUT2D eigenvalue weighted by atomic mass is 10.2. The van der Waals surface area contributed by atoms with Gasteiger partial charge in [-0.15, -0.1) is 0 Å². The summed E-state index contributed by atoms with van der Waals surface area (Å²) in [5.41, 5.74) is 7.05. The minimum atomic E-state index is 0.0959. The maximum atomic E-state index is 12.5. The molecule has 1 aromatic rings. The van der Waals surface area contributed by atoms with E-state index in [1.54, 1.807) is 12.3 Å². The van der Waals surface area contributed by atoms with Crippen LogP contribution in [0.3, 0.4) is 0 Å². The van der Waals surface area contributed by atoms with Crippen molar-refractivity contribution in [1.82, 2.24) is 14.4 Å². The van der Waals surface area contributed by atoms with Crippen LogP contribution in [0.4, 0.5) is 5.69 Å². The summed E-state index contributed by atoms with van der Waals surface area (Å²) in [6.07, 6.45) is 3.96. The molecular weight excluding hydrogens is 228 g/mol. The molecule has 0 saturated carbocycles. The molecule has 1 amide bonds. The number of hydrogen-bond acceptors (Lipinski definition) is 3.